The van der Waals surface area contributed by atoms with Crippen molar-refractivity contribution in [3.63, 3.8) is 0 Å². The largest absolute Gasteiger partial charge is 0.489 e. The average Bonchev–Trinajstić information content (AvgIpc) is 2.65. The smallest absolute Gasteiger partial charge is 0.166 e. The average molecular weight is 315 g/mol. The second-order valence-electron chi connectivity index (χ2n) is 6.46. The number of hydrogen-bond donors (Lipinski definition) is 0. The SMILES string of the molecule is CC1(C)CCc2c(Cl)cc3c(c2C(Cl)C1)OCCCO3. The fourth-order valence-electron chi connectivity index (χ4n) is 3.08. The molecule has 0 saturated heterocycles. The zero-order valence-electron chi connectivity index (χ0n) is 12.0. The van der Waals surface area contributed by atoms with Crippen LogP contribution in [0.1, 0.15) is 49.6 Å². The van der Waals surface area contributed by atoms with Gasteiger partial charge in [0.15, 0.2) is 11.5 Å². The number of rotatable bonds is 0. The van der Waals surface area contributed by atoms with Crippen LogP contribution in [0.4, 0.5) is 0 Å². The van der Waals surface area contributed by atoms with Gasteiger partial charge in [0.25, 0.3) is 0 Å². The Hall–Kier alpha value is -0.600. The van der Waals surface area contributed by atoms with E-state index >= 15 is 0 Å². The molecular weight excluding hydrogens is 295 g/mol. The van der Waals surface area contributed by atoms with Gasteiger partial charge in [-0.2, -0.15) is 0 Å². The number of fused-ring (bicyclic) bond motifs is 3. The summed E-state index contributed by atoms with van der Waals surface area (Å²) in [6.45, 7) is 5.87. The second-order valence-corrected chi connectivity index (χ2v) is 7.40. The predicted molar refractivity (Wildman–Crippen MR) is 82.4 cm³/mol. The third-order valence-corrected chi connectivity index (χ3v) is 4.94. The van der Waals surface area contributed by atoms with Crippen LogP contribution in [-0.2, 0) is 6.42 Å². The molecule has 1 unspecified atom stereocenters. The molecule has 1 heterocycles. The summed E-state index contributed by atoms with van der Waals surface area (Å²) in [7, 11) is 0. The van der Waals surface area contributed by atoms with Gasteiger partial charge in [-0.15, -0.1) is 11.6 Å². The van der Waals surface area contributed by atoms with Crippen molar-refractivity contribution in [3.05, 3.63) is 22.2 Å². The predicted octanol–water partition coefficient (Wildman–Crippen LogP) is 5.14. The van der Waals surface area contributed by atoms with Gasteiger partial charge in [-0.3, -0.25) is 0 Å². The number of halogens is 2. The third-order valence-electron chi connectivity index (χ3n) is 4.23. The molecule has 1 aliphatic carbocycles. The Morgan fingerprint density at radius 1 is 1.25 bits per heavy atom. The van der Waals surface area contributed by atoms with E-state index < -0.39 is 0 Å². The Balaban J connectivity index is 2.14. The van der Waals surface area contributed by atoms with Crippen LogP contribution in [0.2, 0.25) is 5.02 Å². The standard InChI is InChI=1S/C16H20Cl2O2/c1-16(2)5-4-10-11(17)8-13-15(14(10)12(18)9-16)20-7-3-6-19-13/h8,12H,3-7,9H2,1-2H3. The van der Waals surface area contributed by atoms with Gasteiger partial charge in [0.05, 0.1) is 18.6 Å². The molecule has 110 valence electrons. The van der Waals surface area contributed by atoms with Gasteiger partial charge in [0.2, 0.25) is 0 Å². The van der Waals surface area contributed by atoms with Crippen LogP contribution in [0.3, 0.4) is 0 Å². The van der Waals surface area contributed by atoms with Crippen molar-refractivity contribution in [1.82, 2.24) is 0 Å². The highest BCUT2D eigenvalue weighted by molar-refractivity contribution is 6.32. The normalized spacial score (nSPS) is 24.5. The summed E-state index contributed by atoms with van der Waals surface area (Å²) in [6, 6.07) is 1.89. The molecule has 1 aromatic carbocycles. The van der Waals surface area contributed by atoms with Gasteiger partial charge in [0.1, 0.15) is 0 Å². The monoisotopic (exact) mass is 314 g/mol. The molecule has 4 heteroatoms. The number of ether oxygens (including phenoxy) is 2. The molecule has 0 bridgehead atoms. The van der Waals surface area contributed by atoms with Crippen LogP contribution in [0.5, 0.6) is 11.5 Å². The zero-order chi connectivity index (χ0) is 14.3. The van der Waals surface area contributed by atoms with E-state index in [0.29, 0.717) is 13.2 Å². The zero-order valence-corrected chi connectivity index (χ0v) is 13.5. The lowest BCUT2D eigenvalue weighted by molar-refractivity contribution is 0.294. The van der Waals surface area contributed by atoms with Gasteiger partial charge in [-0.05, 0) is 30.2 Å². The molecule has 2 aliphatic rings. The first kappa shape index (κ1) is 14.3. The second kappa shape index (κ2) is 5.31. The first-order valence-electron chi connectivity index (χ1n) is 7.23. The van der Waals surface area contributed by atoms with Crippen LogP contribution in [0.25, 0.3) is 0 Å². The fourth-order valence-corrected chi connectivity index (χ4v) is 4.02. The van der Waals surface area contributed by atoms with E-state index in [-0.39, 0.29) is 10.8 Å². The molecule has 0 radical (unpaired) electrons. The molecule has 0 N–H and O–H groups in total. The Bertz CT molecular complexity index is 526. The molecule has 1 atom stereocenters. The topological polar surface area (TPSA) is 18.5 Å². The summed E-state index contributed by atoms with van der Waals surface area (Å²) in [6.07, 6.45) is 3.85. The third kappa shape index (κ3) is 2.60. The van der Waals surface area contributed by atoms with Crippen molar-refractivity contribution in [2.45, 2.75) is 44.9 Å². The van der Waals surface area contributed by atoms with Crippen LogP contribution in [-0.4, -0.2) is 13.2 Å². The molecule has 0 spiro atoms. The van der Waals surface area contributed by atoms with E-state index in [9.17, 15) is 0 Å². The van der Waals surface area contributed by atoms with Crippen molar-refractivity contribution >= 4 is 23.2 Å². The van der Waals surface area contributed by atoms with Crippen LogP contribution in [0, 0.1) is 5.41 Å². The summed E-state index contributed by atoms with van der Waals surface area (Å²) in [4.78, 5) is 0. The van der Waals surface area contributed by atoms with Gasteiger partial charge >= 0.3 is 0 Å². The minimum atomic E-state index is -0.0725. The number of benzene rings is 1. The molecule has 1 aliphatic heterocycles. The van der Waals surface area contributed by atoms with Crippen LogP contribution >= 0.6 is 23.2 Å². The highest BCUT2D eigenvalue weighted by atomic mass is 35.5. The highest BCUT2D eigenvalue weighted by Gasteiger charge is 2.33. The molecule has 2 nitrogen and oxygen atoms in total. The highest BCUT2D eigenvalue weighted by Crippen LogP contribution is 2.51. The van der Waals surface area contributed by atoms with Crippen molar-refractivity contribution in [3.8, 4) is 11.5 Å². The fraction of sp³-hybridized carbons (Fsp3) is 0.625. The summed E-state index contributed by atoms with van der Waals surface area (Å²) >= 11 is 13.2. The van der Waals surface area contributed by atoms with Gasteiger partial charge in [0, 0.05) is 23.1 Å². The maximum atomic E-state index is 6.70. The Kier molecular flexibility index (Phi) is 3.81. The van der Waals surface area contributed by atoms with E-state index in [1.807, 2.05) is 6.07 Å². The van der Waals surface area contributed by atoms with Crippen LogP contribution < -0.4 is 9.47 Å². The summed E-state index contributed by atoms with van der Waals surface area (Å²) in [5.41, 5.74) is 2.41. The summed E-state index contributed by atoms with van der Waals surface area (Å²) < 4.78 is 11.7. The molecule has 3 rings (SSSR count). The number of hydrogen-bond acceptors (Lipinski definition) is 2. The van der Waals surface area contributed by atoms with Crippen molar-refractivity contribution in [2.24, 2.45) is 5.41 Å². The first-order chi connectivity index (χ1) is 9.48. The molecule has 20 heavy (non-hydrogen) atoms. The van der Waals surface area contributed by atoms with Crippen molar-refractivity contribution in [1.29, 1.82) is 0 Å². The lowest BCUT2D eigenvalue weighted by atomic mass is 9.84. The van der Waals surface area contributed by atoms with Gasteiger partial charge in [-0.1, -0.05) is 25.4 Å². The molecule has 0 amide bonds. The maximum absolute atomic E-state index is 6.70. The lowest BCUT2D eigenvalue weighted by Crippen LogP contribution is -2.12. The van der Waals surface area contributed by atoms with Crippen molar-refractivity contribution < 1.29 is 9.47 Å². The molecule has 0 fully saturated rings. The van der Waals surface area contributed by atoms with Gasteiger partial charge in [-0.25, -0.2) is 0 Å². The maximum Gasteiger partial charge on any atom is 0.166 e. The van der Waals surface area contributed by atoms with E-state index in [1.165, 1.54) is 0 Å². The Morgan fingerprint density at radius 3 is 2.80 bits per heavy atom. The van der Waals surface area contributed by atoms with E-state index in [2.05, 4.69) is 13.8 Å². The van der Waals surface area contributed by atoms with E-state index in [1.54, 1.807) is 0 Å². The summed E-state index contributed by atoms with van der Waals surface area (Å²) in [5, 5.41) is 0.684. The summed E-state index contributed by atoms with van der Waals surface area (Å²) in [5.74, 6) is 1.57. The molecule has 0 aromatic heterocycles. The van der Waals surface area contributed by atoms with Gasteiger partial charge < -0.3 is 9.47 Å². The van der Waals surface area contributed by atoms with E-state index in [0.717, 1.165) is 53.3 Å². The van der Waals surface area contributed by atoms with Crippen molar-refractivity contribution in [2.75, 3.05) is 13.2 Å². The van der Waals surface area contributed by atoms with E-state index in [4.69, 9.17) is 32.7 Å². The Labute approximate surface area is 130 Å². The quantitative estimate of drug-likeness (QED) is 0.487. The minimum absolute atomic E-state index is 0.0725. The minimum Gasteiger partial charge on any atom is -0.489 e. The molecule has 1 aromatic rings. The molecular formula is C16H20Cl2O2. The number of alkyl halides is 1. The Morgan fingerprint density at radius 2 is 2.00 bits per heavy atom. The lowest BCUT2D eigenvalue weighted by Gasteiger charge is -2.24. The molecule has 0 saturated carbocycles. The first-order valence-corrected chi connectivity index (χ1v) is 8.04. The van der Waals surface area contributed by atoms with Crippen LogP contribution in [0.15, 0.2) is 6.07 Å².